The zero-order valence-electron chi connectivity index (χ0n) is 14.4. The maximum absolute atomic E-state index is 12.7. The summed E-state index contributed by atoms with van der Waals surface area (Å²) in [6.07, 6.45) is 1.94. The Bertz CT molecular complexity index is 775. The van der Waals surface area contributed by atoms with Gasteiger partial charge in [0.25, 0.3) is 0 Å². The number of nitrogens with zero attached hydrogens (tertiary/aromatic N) is 1. The lowest BCUT2D eigenvalue weighted by Crippen LogP contribution is -2.38. The number of rotatable bonds is 6. The van der Waals surface area contributed by atoms with Crippen LogP contribution < -0.4 is 9.64 Å². The average molecular weight is 357 g/mol. The van der Waals surface area contributed by atoms with Crippen molar-refractivity contribution in [1.82, 2.24) is 0 Å². The van der Waals surface area contributed by atoms with Crippen LogP contribution in [0.25, 0.3) is 0 Å². The van der Waals surface area contributed by atoms with Crippen molar-refractivity contribution < 1.29 is 13.7 Å². The third-order valence-corrected chi connectivity index (χ3v) is 5.49. The number of ether oxygens (including phenoxy) is 1. The number of hydrogen-bond donors (Lipinski definition) is 0. The van der Waals surface area contributed by atoms with Crippen LogP contribution in [-0.4, -0.2) is 29.0 Å². The van der Waals surface area contributed by atoms with E-state index in [2.05, 4.69) is 6.07 Å². The highest BCUT2D eigenvalue weighted by Gasteiger charge is 2.23. The molecule has 132 valence electrons. The Balaban J connectivity index is 1.67. The molecule has 25 heavy (non-hydrogen) atoms. The molecule has 0 N–H and O–H groups in total. The fraction of sp³-hybridized carbons (Fsp3) is 0.350. The Labute approximate surface area is 151 Å². The third kappa shape index (κ3) is 4.28. The minimum absolute atomic E-state index is 0.0365. The Hall–Kier alpha value is -2.14. The van der Waals surface area contributed by atoms with Gasteiger partial charge in [-0.25, -0.2) is 0 Å². The lowest BCUT2D eigenvalue weighted by molar-refractivity contribution is -0.116. The van der Waals surface area contributed by atoms with Gasteiger partial charge >= 0.3 is 0 Å². The number of carbonyl (C=O) groups excluding carboxylic acids is 1. The topological polar surface area (TPSA) is 46.6 Å². The van der Waals surface area contributed by atoms with Crippen LogP contribution in [-0.2, 0) is 27.8 Å². The molecule has 0 saturated carbocycles. The molecule has 3 rings (SSSR count). The predicted octanol–water partition coefficient (Wildman–Crippen LogP) is 3.31. The number of aryl methyl sites for hydroxylation is 1. The third-order valence-electron chi connectivity index (χ3n) is 4.28. The molecule has 0 fully saturated rings. The number of carbonyl (C=O) groups is 1. The second-order valence-corrected chi connectivity index (χ2v) is 7.50. The summed E-state index contributed by atoms with van der Waals surface area (Å²) in [5.41, 5.74) is 3.04. The molecule has 0 radical (unpaired) electrons. The Morgan fingerprint density at radius 2 is 1.92 bits per heavy atom. The second kappa shape index (κ2) is 8.30. The molecule has 4 nitrogen and oxygen atoms in total. The lowest BCUT2D eigenvalue weighted by atomic mass is 10.0. The zero-order chi connectivity index (χ0) is 17.6. The number of fused-ring (bicyclic) bond motifs is 1. The number of hydrogen-bond acceptors (Lipinski definition) is 3. The normalized spacial score (nSPS) is 14.7. The Morgan fingerprint density at radius 3 is 2.76 bits per heavy atom. The van der Waals surface area contributed by atoms with Crippen molar-refractivity contribution >= 4 is 22.4 Å². The van der Waals surface area contributed by atoms with Gasteiger partial charge in [0, 0.05) is 28.6 Å². The Kier molecular flexibility index (Phi) is 5.87. The summed E-state index contributed by atoms with van der Waals surface area (Å²) in [5, 5.41) is 0. The van der Waals surface area contributed by atoms with Crippen molar-refractivity contribution in [2.24, 2.45) is 0 Å². The van der Waals surface area contributed by atoms with E-state index in [0.717, 1.165) is 29.8 Å². The van der Waals surface area contributed by atoms with Crippen LogP contribution in [0.4, 0.5) is 5.69 Å². The Morgan fingerprint density at radius 1 is 1.16 bits per heavy atom. The summed E-state index contributed by atoms with van der Waals surface area (Å²) in [7, 11) is -1.26. The van der Waals surface area contributed by atoms with Gasteiger partial charge in [-0.05, 0) is 37.5 Å². The SMILES string of the molecule is CCOc1ccccc1CS(=O)CC(=O)N1CCCc2ccccc21. The van der Waals surface area contributed by atoms with Crippen LogP contribution in [0.1, 0.15) is 24.5 Å². The van der Waals surface area contributed by atoms with Gasteiger partial charge in [0.15, 0.2) is 0 Å². The van der Waals surface area contributed by atoms with Gasteiger partial charge in [-0.3, -0.25) is 9.00 Å². The first-order chi connectivity index (χ1) is 12.2. The summed E-state index contributed by atoms with van der Waals surface area (Å²) in [6.45, 7) is 3.18. The summed E-state index contributed by atoms with van der Waals surface area (Å²) in [6, 6.07) is 15.5. The van der Waals surface area contributed by atoms with Crippen molar-refractivity contribution in [3.05, 3.63) is 59.7 Å². The fourth-order valence-electron chi connectivity index (χ4n) is 3.15. The zero-order valence-corrected chi connectivity index (χ0v) is 15.3. The van der Waals surface area contributed by atoms with Gasteiger partial charge in [0.2, 0.25) is 5.91 Å². The minimum Gasteiger partial charge on any atom is -0.494 e. The quantitative estimate of drug-likeness (QED) is 0.797. The molecule has 0 spiro atoms. The van der Waals surface area contributed by atoms with Gasteiger partial charge in [-0.2, -0.15) is 0 Å². The van der Waals surface area contributed by atoms with E-state index in [4.69, 9.17) is 4.74 Å². The summed E-state index contributed by atoms with van der Waals surface area (Å²) in [5.74, 6) is 1.04. The van der Waals surface area contributed by atoms with E-state index < -0.39 is 10.8 Å². The maximum Gasteiger partial charge on any atom is 0.239 e. The molecule has 0 bridgehead atoms. The molecular weight excluding hydrogens is 334 g/mol. The fourth-order valence-corrected chi connectivity index (χ4v) is 4.27. The van der Waals surface area contributed by atoms with Gasteiger partial charge in [0.1, 0.15) is 11.5 Å². The molecule has 1 aliphatic rings. The van der Waals surface area contributed by atoms with Crippen LogP contribution >= 0.6 is 0 Å². The molecule has 1 atom stereocenters. The van der Waals surface area contributed by atoms with Crippen molar-refractivity contribution in [2.45, 2.75) is 25.5 Å². The number of amides is 1. The largest absolute Gasteiger partial charge is 0.494 e. The second-order valence-electron chi connectivity index (χ2n) is 6.05. The smallest absolute Gasteiger partial charge is 0.239 e. The van der Waals surface area contributed by atoms with Crippen LogP contribution in [0.2, 0.25) is 0 Å². The highest BCUT2D eigenvalue weighted by molar-refractivity contribution is 7.85. The van der Waals surface area contributed by atoms with E-state index in [1.54, 1.807) is 4.90 Å². The highest BCUT2D eigenvalue weighted by atomic mass is 32.2. The first-order valence-corrected chi connectivity index (χ1v) is 10.1. The van der Waals surface area contributed by atoms with Crippen molar-refractivity contribution in [3.8, 4) is 5.75 Å². The molecular formula is C20H23NO3S. The maximum atomic E-state index is 12.7. The van der Waals surface area contributed by atoms with E-state index in [1.165, 1.54) is 5.56 Å². The van der Waals surface area contributed by atoms with Crippen LogP contribution in [0.3, 0.4) is 0 Å². The lowest BCUT2D eigenvalue weighted by Gasteiger charge is -2.29. The van der Waals surface area contributed by atoms with Crippen molar-refractivity contribution in [2.75, 3.05) is 23.8 Å². The number of anilines is 1. The van der Waals surface area contributed by atoms with Gasteiger partial charge in [0.05, 0.1) is 12.4 Å². The number of benzene rings is 2. The monoisotopic (exact) mass is 357 g/mol. The summed E-state index contributed by atoms with van der Waals surface area (Å²) in [4.78, 5) is 14.5. The van der Waals surface area contributed by atoms with E-state index in [9.17, 15) is 9.00 Å². The molecule has 0 saturated heterocycles. The minimum atomic E-state index is -1.26. The van der Waals surface area contributed by atoms with Gasteiger partial charge in [-0.1, -0.05) is 36.4 Å². The van der Waals surface area contributed by atoms with Crippen molar-refractivity contribution in [3.63, 3.8) is 0 Å². The molecule has 1 amide bonds. The standard InChI is InChI=1S/C20H23NO3S/c1-2-24-19-12-6-4-9-17(19)14-25(23)15-20(22)21-13-7-10-16-8-3-5-11-18(16)21/h3-6,8-9,11-12H,2,7,10,13-15H2,1H3. The van der Waals surface area contributed by atoms with Gasteiger partial charge in [-0.15, -0.1) is 0 Å². The molecule has 2 aromatic carbocycles. The molecule has 1 aliphatic heterocycles. The molecule has 1 unspecified atom stereocenters. The highest BCUT2D eigenvalue weighted by Crippen LogP contribution is 2.27. The van der Waals surface area contributed by atoms with E-state index in [1.807, 2.05) is 49.4 Å². The molecule has 0 aliphatic carbocycles. The first-order valence-electron chi connectivity index (χ1n) is 8.63. The summed E-state index contributed by atoms with van der Waals surface area (Å²) >= 11 is 0. The van der Waals surface area contributed by atoms with E-state index in [-0.39, 0.29) is 11.7 Å². The molecule has 0 aromatic heterocycles. The van der Waals surface area contributed by atoms with Crippen LogP contribution in [0.15, 0.2) is 48.5 Å². The molecule has 1 heterocycles. The first kappa shape index (κ1) is 17.7. The molecule has 5 heteroatoms. The molecule has 2 aromatic rings. The number of para-hydroxylation sites is 2. The average Bonchev–Trinajstić information content (AvgIpc) is 2.63. The van der Waals surface area contributed by atoms with E-state index >= 15 is 0 Å². The predicted molar refractivity (Wildman–Crippen MR) is 101 cm³/mol. The van der Waals surface area contributed by atoms with Crippen LogP contribution in [0, 0.1) is 0 Å². The van der Waals surface area contributed by atoms with Crippen molar-refractivity contribution in [1.29, 1.82) is 0 Å². The van der Waals surface area contributed by atoms with Gasteiger partial charge < -0.3 is 9.64 Å². The van der Waals surface area contributed by atoms with Crippen LogP contribution in [0.5, 0.6) is 5.75 Å². The van der Waals surface area contributed by atoms with E-state index in [0.29, 0.717) is 18.9 Å². The summed E-state index contributed by atoms with van der Waals surface area (Å²) < 4.78 is 18.1.